The lowest BCUT2D eigenvalue weighted by atomic mass is 10.0. The highest BCUT2D eigenvalue weighted by molar-refractivity contribution is 5.66. The van der Waals surface area contributed by atoms with Crippen molar-refractivity contribution in [3.05, 3.63) is 12.2 Å². The van der Waals surface area contributed by atoms with Crippen molar-refractivity contribution in [1.29, 1.82) is 0 Å². The Morgan fingerprint density at radius 1 is 0.923 bits per heavy atom. The molecule has 4 nitrogen and oxygen atoms in total. The standard InChI is InChI=1S/C20H32N2O2.C2H6/c1-2-3-14-17-20(21-22-20)18-15-12-10-8-6-4-5-7-9-11-13-16-19(23)24;1-2/h1,10,12H,3-9,11,13-18H2,(H,23,24);1-2H3/b12-10+;. The van der Waals surface area contributed by atoms with Gasteiger partial charge in [0, 0.05) is 12.8 Å². The Hall–Kier alpha value is -1.63. The van der Waals surface area contributed by atoms with Crippen molar-refractivity contribution in [2.45, 2.75) is 109 Å². The average molecular weight is 363 g/mol. The molecule has 0 fully saturated rings. The Labute approximate surface area is 160 Å². The van der Waals surface area contributed by atoms with Crippen LogP contribution >= 0.6 is 0 Å². The third kappa shape index (κ3) is 14.7. The molecule has 4 heteroatoms. The van der Waals surface area contributed by atoms with Crippen molar-refractivity contribution in [2.24, 2.45) is 10.2 Å². The average Bonchev–Trinajstić information content (AvgIpc) is 3.41. The van der Waals surface area contributed by atoms with E-state index in [1.165, 1.54) is 25.7 Å². The van der Waals surface area contributed by atoms with Gasteiger partial charge in [-0.05, 0) is 44.9 Å². The molecule has 1 heterocycles. The first-order valence-electron chi connectivity index (χ1n) is 10.4. The van der Waals surface area contributed by atoms with Crippen LogP contribution < -0.4 is 0 Å². The molecule has 0 radical (unpaired) electrons. The van der Waals surface area contributed by atoms with Crippen LogP contribution in [0.5, 0.6) is 0 Å². The fourth-order valence-electron chi connectivity index (χ4n) is 2.84. The molecule has 1 aliphatic rings. The molecule has 1 N–H and O–H groups in total. The minimum Gasteiger partial charge on any atom is -0.481 e. The molecule has 0 spiro atoms. The first kappa shape index (κ1) is 24.4. The number of carboxylic acids is 1. The number of allylic oxidation sites excluding steroid dienone is 2. The van der Waals surface area contributed by atoms with Gasteiger partial charge in [0.25, 0.3) is 0 Å². The van der Waals surface area contributed by atoms with E-state index in [0.29, 0.717) is 6.42 Å². The highest BCUT2D eigenvalue weighted by atomic mass is 16.4. The molecule has 0 aromatic rings. The topological polar surface area (TPSA) is 62.0 Å². The van der Waals surface area contributed by atoms with Crippen molar-refractivity contribution in [3.8, 4) is 12.3 Å². The molecule has 0 unspecified atom stereocenters. The highest BCUT2D eigenvalue weighted by Crippen LogP contribution is 2.38. The predicted molar refractivity (Wildman–Crippen MR) is 109 cm³/mol. The SMILES string of the molecule is C#CCCCC1(CC/C=C/CCCCCCCCCC(=O)O)N=N1.CC. The number of carboxylic acid groups (broad SMARTS) is 1. The smallest absolute Gasteiger partial charge is 0.303 e. The van der Waals surface area contributed by atoms with Crippen LogP contribution in [0.1, 0.15) is 104 Å². The molecule has 0 atom stereocenters. The van der Waals surface area contributed by atoms with Crippen LogP contribution in [0.3, 0.4) is 0 Å². The number of terminal acetylenes is 1. The van der Waals surface area contributed by atoms with Crippen LogP contribution in [-0.2, 0) is 4.79 Å². The lowest BCUT2D eigenvalue weighted by molar-refractivity contribution is -0.137. The Morgan fingerprint density at radius 2 is 1.50 bits per heavy atom. The van der Waals surface area contributed by atoms with E-state index < -0.39 is 5.97 Å². The molecule has 0 aromatic carbocycles. The lowest BCUT2D eigenvalue weighted by Gasteiger charge is -2.07. The number of nitrogens with zero attached hydrogens (tertiary/aromatic N) is 2. The first-order chi connectivity index (χ1) is 12.7. The van der Waals surface area contributed by atoms with E-state index in [4.69, 9.17) is 11.5 Å². The molecule has 0 bridgehead atoms. The summed E-state index contributed by atoms with van der Waals surface area (Å²) in [6.45, 7) is 4.00. The minimum atomic E-state index is -0.677. The molecule has 1 rings (SSSR count). The second-order valence-electron chi connectivity index (χ2n) is 6.66. The monoisotopic (exact) mass is 362 g/mol. The van der Waals surface area contributed by atoms with Gasteiger partial charge in [-0.25, -0.2) is 0 Å². The zero-order valence-electron chi connectivity index (χ0n) is 16.9. The third-order valence-corrected chi connectivity index (χ3v) is 4.42. The van der Waals surface area contributed by atoms with Gasteiger partial charge in [-0.15, -0.1) is 12.3 Å². The van der Waals surface area contributed by atoms with Crippen LogP contribution in [0.15, 0.2) is 22.4 Å². The van der Waals surface area contributed by atoms with E-state index in [9.17, 15) is 4.79 Å². The van der Waals surface area contributed by atoms with Crippen molar-refractivity contribution in [2.75, 3.05) is 0 Å². The zero-order chi connectivity index (χ0) is 19.5. The fraction of sp³-hybridized carbons (Fsp3) is 0.773. The summed E-state index contributed by atoms with van der Waals surface area (Å²) < 4.78 is 0. The van der Waals surface area contributed by atoms with Gasteiger partial charge in [-0.3, -0.25) is 4.79 Å². The number of hydrogen-bond donors (Lipinski definition) is 1. The van der Waals surface area contributed by atoms with E-state index in [1.54, 1.807) is 0 Å². The van der Waals surface area contributed by atoms with Gasteiger partial charge in [0.2, 0.25) is 0 Å². The summed E-state index contributed by atoms with van der Waals surface area (Å²) in [6.07, 6.45) is 24.2. The summed E-state index contributed by atoms with van der Waals surface area (Å²) in [5.41, 5.74) is -0.0954. The maximum atomic E-state index is 10.4. The largest absolute Gasteiger partial charge is 0.481 e. The predicted octanol–water partition coefficient (Wildman–Crippen LogP) is 6.91. The molecule has 0 aromatic heterocycles. The molecule has 26 heavy (non-hydrogen) atoms. The second kappa shape index (κ2) is 16.8. The second-order valence-corrected chi connectivity index (χ2v) is 6.66. The van der Waals surface area contributed by atoms with Crippen LogP contribution in [-0.4, -0.2) is 16.7 Å². The van der Waals surface area contributed by atoms with Crippen molar-refractivity contribution in [3.63, 3.8) is 0 Å². The maximum absolute atomic E-state index is 10.4. The number of carbonyl (C=O) groups is 1. The van der Waals surface area contributed by atoms with E-state index in [0.717, 1.165) is 57.8 Å². The van der Waals surface area contributed by atoms with Gasteiger partial charge < -0.3 is 5.11 Å². The molecular weight excluding hydrogens is 324 g/mol. The third-order valence-electron chi connectivity index (χ3n) is 4.42. The summed E-state index contributed by atoms with van der Waals surface area (Å²) >= 11 is 0. The van der Waals surface area contributed by atoms with E-state index in [-0.39, 0.29) is 5.66 Å². The number of unbranched alkanes of at least 4 members (excludes halogenated alkanes) is 8. The number of rotatable bonds is 16. The quantitative estimate of drug-likeness (QED) is 0.184. The Morgan fingerprint density at radius 3 is 2.08 bits per heavy atom. The zero-order valence-corrected chi connectivity index (χ0v) is 16.9. The highest BCUT2D eigenvalue weighted by Gasteiger charge is 2.37. The fourth-order valence-corrected chi connectivity index (χ4v) is 2.84. The van der Waals surface area contributed by atoms with Gasteiger partial charge in [0.15, 0.2) is 5.66 Å². The minimum absolute atomic E-state index is 0.0954. The first-order valence-corrected chi connectivity index (χ1v) is 10.4. The van der Waals surface area contributed by atoms with E-state index >= 15 is 0 Å². The van der Waals surface area contributed by atoms with Gasteiger partial charge in [-0.1, -0.05) is 58.1 Å². The number of aliphatic carboxylic acids is 1. The van der Waals surface area contributed by atoms with Crippen LogP contribution in [0.2, 0.25) is 0 Å². The summed E-state index contributed by atoms with van der Waals surface area (Å²) in [5.74, 6) is 1.99. The van der Waals surface area contributed by atoms with Crippen LogP contribution in [0.25, 0.3) is 0 Å². The summed E-state index contributed by atoms with van der Waals surface area (Å²) in [5, 5.41) is 16.9. The van der Waals surface area contributed by atoms with E-state index in [2.05, 4.69) is 28.3 Å². The molecule has 0 saturated carbocycles. The maximum Gasteiger partial charge on any atom is 0.303 e. The summed E-state index contributed by atoms with van der Waals surface area (Å²) in [6, 6.07) is 0. The molecular formula is C22H38N2O2. The van der Waals surface area contributed by atoms with E-state index in [1.807, 2.05) is 13.8 Å². The Balaban J connectivity index is 0.00000301. The van der Waals surface area contributed by atoms with Gasteiger partial charge in [0.1, 0.15) is 0 Å². The molecule has 148 valence electrons. The Bertz CT molecular complexity index is 444. The summed E-state index contributed by atoms with van der Waals surface area (Å²) in [7, 11) is 0. The summed E-state index contributed by atoms with van der Waals surface area (Å²) in [4.78, 5) is 10.4. The van der Waals surface area contributed by atoms with Crippen molar-refractivity contribution < 1.29 is 9.90 Å². The van der Waals surface area contributed by atoms with Crippen LogP contribution in [0.4, 0.5) is 0 Å². The van der Waals surface area contributed by atoms with Crippen molar-refractivity contribution in [1.82, 2.24) is 0 Å². The van der Waals surface area contributed by atoms with Crippen LogP contribution in [0, 0.1) is 12.3 Å². The molecule has 1 aliphatic heterocycles. The van der Waals surface area contributed by atoms with Gasteiger partial charge in [0.05, 0.1) is 0 Å². The van der Waals surface area contributed by atoms with Crippen molar-refractivity contribution >= 4 is 5.97 Å². The Kier molecular flexibility index (Phi) is 15.8. The molecule has 0 amide bonds. The van der Waals surface area contributed by atoms with Gasteiger partial charge in [-0.2, -0.15) is 10.2 Å². The number of hydrogen-bond acceptors (Lipinski definition) is 3. The normalized spacial score (nSPS) is 13.9. The molecule has 0 aliphatic carbocycles. The van der Waals surface area contributed by atoms with Gasteiger partial charge >= 0.3 is 5.97 Å². The molecule has 0 saturated heterocycles. The lowest BCUT2D eigenvalue weighted by Crippen LogP contribution is -2.09.